The lowest BCUT2D eigenvalue weighted by atomic mass is 10.0. The molecule has 0 aromatic carbocycles. The fourth-order valence-electron chi connectivity index (χ4n) is 2.29. The van der Waals surface area contributed by atoms with Crippen molar-refractivity contribution in [1.82, 2.24) is 4.31 Å². The fourth-order valence-corrected chi connectivity index (χ4v) is 5.29. The number of rotatable bonds is 4. The van der Waals surface area contributed by atoms with Crippen molar-refractivity contribution in [3.8, 4) is 0 Å². The quantitative estimate of drug-likeness (QED) is 0.853. The molecule has 1 unspecified atom stereocenters. The molecule has 0 N–H and O–H groups in total. The SMILES string of the molecule is COCC1CCCN(S(=O)(=O)c2ccc(C)s2)C1. The smallest absolute Gasteiger partial charge is 0.252 e. The van der Waals surface area contributed by atoms with E-state index in [1.54, 1.807) is 17.5 Å². The number of hydrogen-bond acceptors (Lipinski definition) is 4. The maximum absolute atomic E-state index is 12.4. The number of piperidine rings is 1. The third-order valence-electron chi connectivity index (χ3n) is 3.19. The Morgan fingerprint density at radius 3 is 2.89 bits per heavy atom. The van der Waals surface area contributed by atoms with Crippen LogP contribution in [0.3, 0.4) is 0 Å². The molecule has 0 aliphatic carbocycles. The molecule has 0 spiro atoms. The minimum absolute atomic E-state index is 0.319. The van der Waals surface area contributed by atoms with Gasteiger partial charge < -0.3 is 4.74 Å². The van der Waals surface area contributed by atoms with E-state index in [2.05, 4.69) is 0 Å². The van der Waals surface area contributed by atoms with E-state index >= 15 is 0 Å². The first-order valence-electron chi connectivity index (χ1n) is 6.09. The molecular weight excluding hydrogens is 270 g/mol. The molecule has 1 atom stereocenters. The summed E-state index contributed by atoms with van der Waals surface area (Å²) in [6.45, 7) is 3.76. The Hall–Kier alpha value is -0.430. The Morgan fingerprint density at radius 2 is 2.28 bits per heavy atom. The van der Waals surface area contributed by atoms with E-state index < -0.39 is 10.0 Å². The highest BCUT2D eigenvalue weighted by Gasteiger charge is 2.30. The maximum Gasteiger partial charge on any atom is 0.252 e. The van der Waals surface area contributed by atoms with E-state index in [9.17, 15) is 8.42 Å². The van der Waals surface area contributed by atoms with Crippen LogP contribution >= 0.6 is 11.3 Å². The first-order chi connectivity index (χ1) is 8.54. The minimum Gasteiger partial charge on any atom is -0.384 e. The van der Waals surface area contributed by atoms with Gasteiger partial charge in [-0.15, -0.1) is 11.3 Å². The Morgan fingerprint density at radius 1 is 1.50 bits per heavy atom. The maximum atomic E-state index is 12.4. The zero-order valence-corrected chi connectivity index (χ0v) is 12.4. The topological polar surface area (TPSA) is 46.6 Å². The summed E-state index contributed by atoms with van der Waals surface area (Å²) in [5.74, 6) is 0.319. The molecule has 0 radical (unpaired) electrons. The molecule has 0 saturated carbocycles. The van der Waals surface area contributed by atoms with Crippen LogP contribution in [0.25, 0.3) is 0 Å². The van der Waals surface area contributed by atoms with E-state index in [0.717, 1.165) is 17.7 Å². The van der Waals surface area contributed by atoms with E-state index in [-0.39, 0.29) is 0 Å². The molecule has 18 heavy (non-hydrogen) atoms. The van der Waals surface area contributed by atoms with E-state index in [0.29, 0.717) is 29.8 Å². The standard InChI is InChI=1S/C12H19NO3S2/c1-10-5-6-12(17-10)18(14,15)13-7-3-4-11(8-13)9-16-2/h5-6,11H,3-4,7-9H2,1-2H3. The van der Waals surface area contributed by atoms with Gasteiger partial charge in [0.25, 0.3) is 10.0 Å². The van der Waals surface area contributed by atoms with Gasteiger partial charge >= 0.3 is 0 Å². The summed E-state index contributed by atoms with van der Waals surface area (Å²) in [4.78, 5) is 1.03. The highest BCUT2D eigenvalue weighted by atomic mass is 32.2. The number of nitrogens with zero attached hydrogens (tertiary/aromatic N) is 1. The number of hydrogen-bond donors (Lipinski definition) is 0. The monoisotopic (exact) mass is 289 g/mol. The molecule has 1 fully saturated rings. The molecule has 1 saturated heterocycles. The third kappa shape index (κ3) is 2.93. The van der Waals surface area contributed by atoms with Gasteiger partial charge in [0.2, 0.25) is 0 Å². The first kappa shape index (κ1) is 14.0. The zero-order valence-electron chi connectivity index (χ0n) is 10.8. The highest BCUT2D eigenvalue weighted by Crippen LogP contribution is 2.28. The van der Waals surface area contributed by atoms with Crippen LogP contribution in [0.5, 0.6) is 0 Å². The Bertz CT molecular complexity index is 493. The van der Waals surface area contributed by atoms with Crippen LogP contribution in [0.2, 0.25) is 0 Å². The lowest BCUT2D eigenvalue weighted by Gasteiger charge is -2.31. The van der Waals surface area contributed by atoms with Gasteiger partial charge in [-0.2, -0.15) is 4.31 Å². The average Bonchev–Trinajstić information content (AvgIpc) is 2.77. The van der Waals surface area contributed by atoms with Crippen molar-refractivity contribution in [2.45, 2.75) is 24.0 Å². The number of aryl methyl sites for hydroxylation is 1. The molecule has 2 heterocycles. The normalized spacial score (nSPS) is 22.2. The molecule has 0 amide bonds. The Labute approximate surface area is 113 Å². The third-order valence-corrected chi connectivity index (χ3v) is 6.53. The van der Waals surface area contributed by atoms with Crippen LogP contribution < -0.4 is 0 Å². The van der Waals surface area contributed by atoms with Crippen molar-refractivity contribution in [3.05, 3.63) is 17.0 Å². The van der Waals surface area contributed by atoms with Crippen LogP contribution in [0, 0.1) is 12.8 Å². The molecule has 1 aliphatic heterocycles. The second-order valence-corrected chi connectivity index (χ2v) is 8.14. The fraction of sp³-hybridized carbons (Fsp3) is 0.667. The van der Waals surface area contributed by atoms with E-state index in [1.807, 2.05) is 13.0 Å². The summed E-state index contributed by atoms with van der Waals surface area (Å²) in [5.41, 5.74) is 0. The Balaban J connectivity index is 2.15. The van der Waals surface area contributed by atoms with Crippen LogP contribution in [0.1, 0.15) is 17.7 Å². The van der Waals surface area contributed by atoms with Crippen molar-refractivity contribution in [1.29, 1.82) is 0 Å². The zero-order chi connectivity index (χ0) is 13.2. The molecule has 102 valence electrons. The summed E-state index contributed by atoms with van der Waals surface area (Å²) in [6, 6.07) is 3.56. The molecule has 1 aromatic heterocycles. The van der Waals surface area contributed by atoms with Gasteiger partial charge in [-0.1, -0.05) is 0 Å². The molecule has 1 aromatic rings. The van der Waals surface area contributed by atoms with Gasteiger partial charge in [0.1, 0.15) is 4.21 Å². The van der Waals surface area contributed by atoms with Crippen molar-refractivity contribution < 1.29 is 13.2 Å². The van der Waals surface area contributed by atoms with Crippen LogP contribution in [0.4, 0.5) is 0 Å². The van der Waals surface area contributed by atoms with Gasteiger partial charge in [0.15, 0.2) is 0 Å². The van der Waals surface area contributed by atoms with E-state index in [1.165, 1.54) is 11.3 Å². The number of ether oxygens (including phenoxy) is 1. The molecular formula is C12H19NO3S2. The van der Waals surface area contributed by atoms with Crippen LogP contribution in [0.15, 0.2) is 16.3 Å². The van der Waals surface area contributed by atoms with Gasteiger partial charge in [0.05, 0.1) is 6.61 Å². The van der Waals surface area contributed by atoms with Crippen molar-refractivity contribution in [2.75, 3.05) is 26.8 Å². The predicted molar refractivity (Wildman–Crippen MR) is 72.4 cm³/mol. The number of thiophene rings is 1. The van der Waals surface area contributed by atoms with Crippen molar-refractivity contribution >= 4 is 21.4 Å². The predicted octanol–water partition coefficient (Wildman–Crippen LogP) is 2.10. The molecule has 6 heteroatoms. The van der Waals surface area contributed by atoms with Crippen LogP contribution in [-0.2, 0) is 14.8 Å². The van der Waals surface area contributed by atoms with Crippen LogP contribution in [-0.4, -0.2) is 39.5 Å². The lowest BCUT2D eigenvalue weighted by molar-refractivity contribution is 0.118. The summed E-state index contributed by atoms with van der Waals surface area (Å²) in [7, 11) is -1.63. The lowest BCUT2D eigenvalue weighted by Crippen LogP contribution is -2.40. The molecule has 0 bridgehead atoms. The highest BCUT2D eigenvalue weighted by molar-refractivity contribution is 7.91. The van der Waals surface area contributed by atoms with Gasteiger partial charge in [-0.3, -0.25) is 0 Å². The number of sulfonamides is 1. The molecule has 4 nitrogen and oxygen atoms in total. The number of methoxy groups -OCH3 is 1. The first-order valence-corrected chi connectivity index (χ1v) is 8.35. The van der Waals surface area contributed by atoms with Crippen molar-refractivity contribution in [2.24, 2.45) is 5.92 Å². The van der Waals surface area contributed by atoms with Gasteiger partial charge in [-0.25, -0.2) is 8.42 Å². The molecule has 2 rings (SSSR count). The second-order valence-electron chi connectivity index (χ2n) is 4.69. The van der Waals surface area contributed by atoms with Crippen molar-refractivity contribution in [3.63, 3.8) is 0 Å². The van der Waals surface area contributed by atoms with Gasteiger partial charge in [0, 0.05) is 25.1 Å². The summed E-state index contributed by atoms with van der Waals surface area (Å²) in [5, 5.41) is 0. The summed E-state index contributed by atoms with van der Waals surface area (Å²) >= 11 is 1.34. The van der Waals surface area contributed by atoms with E-state index in [4.69, 9.17) is 4.74 Å². The summed E-state index contributed by atoms with van der Waals surface area (Å²) < 4.78 is 32.1. The second kappa shape index (κ2) is 5.69. The molecule has 1 aliphatic rings. The van der Waals surface area contributed by atoms with Gasteiger partial charge in [-0.05, 0) is 37.8 Å². The Kier molecular flexibility index (Phi) is 4.42. The minimum atomic E-state index is -3.30. The average molecular weight is 289 g/mol. The summed E-state index contributed by atoms with van der Waals surface area (Å²) in [6.07, 6.45) is 1.96. The largest absolute Gasteiger partial charge is 0.384 e.